The van der Waals surface area contributed by atoms with E-state index in [0.717, 1.165) is 0 Å². The molecule has 1 atom stereocenters. The Morgan fingerprint density at radius 3 is 2.00 bits per heavy atom. The highest BCUT2D eigenvalue weighted by Gasteiger charge is 2.28. The Kier molecular flexibility index (Phi) is 5.94. The number of hydrogen-bond donors (Lipinski definition) is 2. The van der Waals surface area contributed by atoms with Gasteiger partial charge in [-0.3, -0.25) is 14.4 Å². The first-order chi connectivity index (χ1) is 9.31. The molecule has 2 amide bonds. The third-order valence-electron chi connectivity index (χ3n) is 3.24. The molecule has 3 N–H and O–H groups in total. The molecule has 0 spiro atoms. The van der Waals surface area contributed by atoms with Crippen molar-refractivity contribution < 1.29 is 19.5 Å². The molecule has 1 aliphatic heterocycles. The number of carbonyl (C=O) groups is 3. The van der Waals surface area contributed by atoms with Gasteiger partial charge in [0.05, 0.1) is 12.5 Å². The second-order valence-corrected chi connectivity index (χ2v) is 5.51. The SMILES string of the molecule is CC(C)CC(=O)N1CCN(C(=O)C(N)CC(=O)O)CC1. The number of amides is 2. The highest BCUT2D eigenvalue weighted by atomic mass is 16.4. The van der Waals surface area contributed by atoms with Crippen LogP contribution in [0.25, 0.3) is 0 Å². The molecule has 0 aromatic rings. The maximum atomic E-state index is 11.9. The molecule has 1 rings (SSSR count). The number of nitrogens with two attached hydrogens (primary N) is 1. The fourth-order valence-corrected chi connectivity index (χ4v) is 2.16. The quantitative estimate of drug-likeness (QED) is 0.709. The monoisotopic (exact) mass is 285 g/mol. The van der Waals surface area contributed by atoms with Gasteiger partial charge in [-0.25, -0.2) is 0 Å². The highest BCUT2D eigenvalue weighted by Crippen LogP contribution is 2.09. The number of rotatable bonds is 5. The predicted molar refractivity (Wildman–Crippen MR) is 72.8 cm³/mol. The number of carbonyl (C=O) groups excluding carboxylic acids is 2. The van der Waals surface area contributed by atoms with Crippen LogP contribution >= 0.6 is 0 Å². The Bertz CT molecular complexity index is 376. The highest BCUT2D eigenvalue weighted by molar-refractivity contribution is 5.86. The summed E-state index contributed by atoms with van der Waals surface area (Å²) >= 11 is 0. The van der Waals surface area contributed by atoms with Crippen LogP contribution in [-0.4, -0.2) is 64.9 Å². The lowest BCUT2D eigenvalue weighted by Gasteiger charge is -2.36. The molecule has 0 radical (unpaired) electrons. The lowest BCUT2D eigenvalue weighted by Crippen LogP contribution is -2.54. The van der Waals surface area contributed by atoms with Crippen molar-refractivity contribution in [1.29, 1.82) is 0 Å². The van der Waals surface area contributed by atoms with E-state index in [0.29, 0.717) is 38.5 Å². The van der Waals surface area contributed by atoms with Crippen LogP contribution in [0.4, 0.5) is 0 Å². The summed E-state index contributed by atoms with van der Waals surface area (Å²) in [7, 11) is 0. The summed E-state index contributed by atoms with van der Waals surface area (Å²) in [5, 5.41) is 8.63. The number of piperazine rings is 1. The molecule has 20 heavy (non-hydrogen) atoms. The van der Waals surface area contributed by atoms with Crippen LogP contribution in [-0.2, 0) is 14.4 Å². The first kappa shape index (κ1) is 16.4. The van der Waals surface area contributed by atoms with Crippen molar-refractivity contribution in [3.05, 3.63) is 0 Å². The van der Waals surface area contributed by atoms with Crippen LogP contribution in [0.15, 0.2) is 0 Å². The maximum absolute atomic E-state index is 11.9. The molecule has 114 valence electrons. The predicted octanol–water partition coefficient (Wildman–Crippen LogP) is -0.495. The maximum Gasteiger partial charge on any atom is 0.305 e. The molecule has 0 aliphatic carbocycles. The summed E-state index contributed by atoms with van der Waals surface area (Å²) in [6, 6.07) is -1.01. The molecule has 1 unspecified atom stereocenters. The molecule has 7 nitrogen and oxygen atoms in total. The average molecular weight is 285 g/mol. The number of carboxylic acids is 1. The van der Waals surface area contributed by atoms with Crippen molar-refractivity contribution in [2.24, 2.45) is 11.7 Å². The summed E-state index contributed by atoms with van der Waals surface area (Å²) in [4.78, 5) is 37.6. The first-order valence-electron chi connectivity index (χ1n) is 6.85. The zero-order valence-corrected chi connectivity index (χ0v) is 12.0. The second kappa shape index (κ2) is 7.23. The van der Waals surface area contributed by atoms with E-state index < -0.39 is 12.0 Å². The Hall–Kier alpha value is -1.63. The summed E-state index contributed by atoms with van der Waals surface area (Å²) in [6.45, 7) is 5.77. The van der Waals surface area contributed by atoms with Crippen molar-refractivity contribution in [1.82, 2.24) is 9.80 Å². The molecule has 1 saturated heterocycles. The molecule has 0 saturated carbocycles. The third kappa shape index (κ3) is 4.80. The van der Waals surface area contributed by atoms with Crippen LogP contribution in [0, 0.1) is 5.92 Å². The van der Waals surface area contributed by atoms with E-state index in [1.807, 2.05) is 13.8 Å². The van der Waals surface area contributed by atoms with E-state index in [-0.39, 0.29) is 18.2 Å². The van der Waals surface area contributed by atoms with Gasteiger partial charge in [0.25, 0.3) is 0 Å². The molecule has 1 aliphatic rings. The molecule has 1 heterocycles. The second-order valence-electron chi connectivity index (χ2n) is 5.51. The van der Waals surface area contributed by atoms with E-state index in [1.165, 1.54) is 4.90 Å². The van der Waals surface area contributed by atoms with Crippen LogP contribution < -0.4 is 5.73 Å². The van der Waals surface area contributed by atoms with Crippen LogP contribution in [0.3, 0.4) is 0 Å². The van der Waals surface area contributed by atoms with Gasteiger partial charge >= 0.3 is 5.97 Å². The van der Waals surface area contributed by atoms with Crippen molar-refractivity contribution in [3.63, 3.8) is 0 Å². The van der Waals surface area contributed by atoms with Crippen LogP contribution in [0.2, 0.25) is 0 Å². The normalized spacial score (nSPS) is 17.2. The topological polar surface area (TPSA) is 104 Å². The van der Waals surface area contributed by atoms with Gasteiger partial charge in [-0.05, 0) is 5.92 Å². The minimum absolute atomic E-state index is 0.0990. The summed E-state index contributed by atoms with van der Waals surface area (Å²) in [5.41, 5.74) is 5.56. The van der Waals surface area contributed by atoms with Gasteiger partial charge in [0, 0.05) is 32.6 Å². The van der Waals surface area contributed by atoms with Gasteiger partial charge in [0.1, 0.15) is 0 Å². The fraction of sp³-hybridized carbons (Fsp3) is 0.769. The zero-order valence-electron chi connectivity index (χ0n) is 12.0. The smallest absolute Gasteiger partial charge is 0.305 e. The number of aliphatic carboxylic acids is 1. The van der Waals surface area contributed by atoms with E-state index in [4.69, 9.17) is 10.8 Å². The van der Waals surface area contributed by atoms with Gasteiger partial charge < -0.3 is 20.6 Å². The molecule has 0 aromatic carbocycles. The largest absolute Gasteiger partial charge is 0.481 e. The van der Waals surface area contributed by atoms with Crippen LogP contribution in [0.5, 0.6) is 0 Å². The lowest BCUT2D eigenvalue weighted by atomic mass is 10.1. The average Bonchev–Trinajstić information content (AvgIpc) is 2.36. The molecule has 1 fully saturated rings. The Morgan fingerprint density at radius 2 is 1.55 bits per heavy atom. The number of carboxylic acid groups (broad SMARTS) is 1. The molecule has 0 bridgehead atoms. The van der Waals surface area contributed by atoms with E-state index in [1.54, 1.807) is 4.90 Å². The van der Waals surface area contributed by atoms with Gasteiger partial charge in [0.15, 0.2) is 0 Å². The van der Waals surface area contributed by atoms with Crippen molar-refractivity contribution >= 4 is 17.8 Å². The molecular formula is C13H23N3O4. The van der Waals surface area contributed by atoms with Gasteiger partial charge in [-0.2, -0.15) is 0 Å². The minimum Gasteiger partial charge on any atom is -0.481 e. The minimum atomic E-state index is -1.09. The van der Waals surface area contributed by atoms with Crippen molar-refractivity contribution in [2.75, 3.05) is 26.2 Å². The van der Waals surface area contributed by atoms with Crippen molar-refractivity contribution in [3.8, 4) is 0 Å². The number of hydrogen-bond acceptors (Lipinski definition) is 4. The summed E-state index contributed by atoms with van der Waals surface area (Å²) in [6.07, 6.45) is 0.137. The Balaban J connectivity index is 2.43. The standard InChI is InChI=1S/C13H23N3O4/c1-9(2)7-11(17)15-3-5-16(6-4-15)13(20)10(14)8-12(18)19/h9-10H,3-8,14H2,1-2H3,(H,18,19). The van der Waals surface area contributed by atoms with Gasteiger partial charge in [-0.1, -0.05) is 13.8 Å². The Morgan fingerprint density at radius 1 is 1.05 bits per heavy atom. The fourth-order valence-electron chi connectivity index (χ4n) is 2.16. The van der Waals surface area contributed by atoms with Gasteiger partial charge in [0.2, 0.25) is 11.8 Å². The first-order valence-corrected chi connectivity index (χ1v) is 6.85. The van der Waals surface area contributed by atoms with E-state index in [2.05, 4.69) is 0 Å². The molecule has 0 aromatic heterocycles. The summed E-state index contributed by atoms with van der Waals surface area (Å²) < 4.78 is 0. The lowest BCUT2D eigenvalue weighted by molar-refractivity contribution is -0.144. The Labute approximate surface area is 118 Å². The number of nitrogens with zero attached hydrogens (tertiary/aromatic N) is 2. The van der Waals surface area contributed by atoms with Crippen molar-refractivity contribution in [2.45, 2.75) is 32.7 Å². The van der Waals surface area contributed by atoms with E-state index >= 15 is 0 Å². The van der Waals surface area contributed by atoms with E-state index in [9.17, 15) is 14.4 Å². The molecular weight excluding hydrogens is 262 g/mol. The third-order valence-corrected chi connectivity index (χ3v) is 3.24. The van der Waals surface area contributed by atoms with Gasteiger partial charge in [-0.15, -0.1) is 0 Å². The molecule has 7 heteroatoms. The van der Waals surface area contributed by atoms with Crippen LogP contribution in [0.1, 0.15) is 26.7 Å². The zero-order chi connectivity index (χ0) is 15.3. The summed E-state index contributed by atoms with van der Waals surface area (Å²) in [5.74, 6) is -1.03.